The topological polar surface area (TPSA) is 134 Å². The highest BCUT2D eigenvalue weighted by atomic mass is 32.1. The first kappa shape index (κ1) is 21.8. The molecule has 1 amide bonds. The van der Waals surface area contributed by atoms with Gasteiger partial charge in [-0.15, -0.1) is 10.2 Å². The second-order valence-corrected chi connectivity index (χ2v) is 7.09. The minimum Gasteiger partial charge on any atom is -0.479 e. The number of halogens is 1. The zero-order valence-corrected chi connectivity index (χ0v) is 16.8. The van der Waals surface area contributed by atoms with Crippen LogP contribution >= 0.6 is 11.3 Å². The highest BCUT2D eigenvalue weighted by Crippen LogP contribution is 2.29. The Morgan fingerprint density at radius 1 is 1.19 bits per heavy atom. The normalized spacial score (nSPS) is 10.4. The maximum absolute atomic E-state index is 12.9. The summed E-state index contributed by atoms with van der Waals surface area (Å²) in [5, 5.41) is 21.9. The number of hydrogen-bond acceptors (Lipinski definition) is 9. The number of aromatic nitrogens is 2. The number of nitro groups is 1. The summed E-state index contributed by atoms with van der Waals surface area (Å²) in [6.07, 6.45) is 0. The molecule has 0 aliphatic rings. The maximum Gasteiger partial charge on any atom is 0.338 e. The van der Waals surface area contributed by atoms with Crippen LogP contribution in [0.1, 0.15) is 30.7 Å². The van der Waals surface area contributed by atoms with Crippen molar-refractivity contribution in [3.05, 3.63) is 79.5 Å². The Labute approximate surface area is 178 Å². The van der Waals surface area contributed by atoms with Gasteiger partial charge in [-0.2, -0.15) is 0 Å². The maximum atomic E-state index is 12.9. The summed E-state index contributed by atoms with van der Waals surface area (Å²) < 4.78 is 22.9. The van der Waals surface area contributed by atoms with Crippen LogP contribution in [0.4, 0.5) is 10.1 Å². The van der Waals surface area contributed by atoms with Crippen LogP contribution in [0.15, 0.2) is 42.5 Å². The summed E-state index contributed by atoms with van der Waals surface area (Å²) in [5.41, 5.74) is 0.313. The Bertz CT molecular complexity index is 1120. The van der Waals surface area contributed by atoms with E-state index in [0.29, 0.717) is 10.6 Å². The number of hydrogen-bond donors (Lipinski definition) is 1. The Morgan fingerprint density at radius 2 is 1.94 bits per heavy atom. The molecule has 1 N–H and O–H groups in total. The number of amides is 1. The first-order chi connectivity index (χ1) is 14.9. The van der Waals surface area contributed by atoms with Gasteiger partial charge in [0.25, 0.3) is 5.91 Å². The van der Waals surface area contributed by atoms with Gasteiger partial charge in [-0.1, -0.05) is 23.5 Å². The predicted octanol–water partition coefficient (Wildman–Crippen LogP) is 2.88. The lowest BCUT2D eigenvalue weighted by atomic mass is 10.2. The largest absolute Gasteiger partial charge is 0.479 e. The number of carbonyl (C=O) groups is 2. The van der Waals surface area contributed by atoms with Gasteiger partial charge in [0.15, 0.2) is 10.8 Å². The van der Waals surface area contributed by atoms with Crippen LogP contribution in [-0.4, -0.2) is 34.1 Å². The fourth-order valence-corrected chi connectivity index (χ4v) is 3.10. The molecule has 0 spiro atoms. The van der Waals surface area contributed by atoms with Crippen molar-refractivity contribution in [3.8, 4) is 5.75 Å². The van der Waals surface area contributed by atoms with Gasteiger partial charge in [-0.05, 0) is 29.8 Å². The van der Waals surface area contributed by atoms with Gasteiger partial charge >= 0.3 is 11.7 Å². The summed E-state index contributed by atoms with van der Waals surface area (Å²) in [6, 6.07) is 9.35. The third-order valence-electron chi connectivity index (χ3n) is 3.96. The molecular formula is C19H15FN4O6S. The van der Waals surface area contributed by atoms with E-state index in [1.165, 1.54) is 31.4 Å². The predicted molar refractivity (Wildman–Crippen MR) is 106 cm³/mol. The lowest BCUT2D eigenvalue weighted by Gasteiger charge is -2.06. The van der Waals surface area contributed by atoms with E-state index in [1.54, 1.807) is 12.1 Å². The van der Waals surface area contributed by atoms with Crippen LogP contribution in [0.5, 0.6) is 5.75 Å². The monoisotopic (exact) mass is 446 g/mol. The fraction of sp³-hybridized carbons (Fsp3) is 0.158. The molecule has 31 heavy (non-hydrogen) atoms. The van der Waals surface area contributed by atoms with E-state index in [9.17, 15) is 24.1 Å². The van der Waals surface area contributed by atoms with Crippen molar-refractivity contribution in [2.24, 2.45) is 0 Å². The highest BCUT2D eigenvalue weighted by Gasteiger charge is 2.20. The van der Waals surface area contributed by atoms with Gasteiger partial charge in [0.05, 0.1) is 17.6 Å². The van der Waals surface area contributed by atoms with Crippen molar-refractivity contribution in [1.82, 2.24) is 15.5 Å². The molecule has 1 heterocycles. The molecule has 0 bridgehead atoms. The van der Waals surface area contributed by atoms with E-state index in [1.807, 2.05) is 0 Å². The number of benzene rings is 2. The van der Waals surface area contributed by atoms with Gasteiger partial charge < -0.3 is 14.8 Å². The number of nitrogens with one attached hydrogen (secondary N) is 1. The van der Waals surface area contributed by atoms with Crippen molar-refractivity contribution in [2.75, 3.05) is 7.11 Å². The Kier molecular flexibility index (Phi) is 6.82. The van der Waals surface area contributed by atoms with E-state index in [0.717, 1.165) is 17.4 Å². The SMILES string of the molecule is COC(=O)c1ccc(OCc2nnc(C(=O)NCc3ccc(F)cc3)s2)c([N+](=O)[O-])c1. The summed E-state index contributed by atoms with van der Waals surface area (Å²) in [7, 11) is 1.17. The zero-order chi connectivity index (χ0) is 22.4. The number of carbonyl (C=O) groups excluding carboxylic acids is 2. The van der Waals surface area contributed by atoms with Crippen molar-refractivity contribution < 1.29 is 28.4 Å². The van der Waals surface area contributed by atoms with Gasteiger partial charge in [0.2, 0.25) is 5.01 Å². The van der Waals surface area contributed by atoms with Gasteiger partial charge in [-0.3, -0.25) is 14.9 Å². The highest BCUT2D eigenvalue weighted by molar-refractivity contribution is 7.13. The number of ether oxygens (including phenoxy) is 2. The second-order valence-electron chi connectivity index (χ2n) is 6.03. The summed E-state index contributed by atoms with van der Waals surface area (Å²) in [5.74, 6) is -1.63. The molecule has 3 aromatic rings. The van der Waals surface area contributed by atoms with Crippen LogP contribution in [0.3, 0.4) is 0 Å². The lowest BCUT2D eigenvalue weighted by Crippen LogP contribution is -2.22. The zero-order valence-electron chi connectivity index (χ0n) is 16.0. The fourth-order valence-electron chi connectivity index (χ4n) is 2.43. The van der Waals surface area contributed by atoms with Gasteiger partial charge in [0, 0.05) is 12.6 Å². The van der Waals surface area contributed by atoms with E-state index < -0.39 is 22.5 Å². The van der Waals surface area contributed by atoms with Crippen LogP contribution in [0, 0.1) is 15.9 Å². The molecule has 0 aliphatic heterocycles. The van der Waals surface area contributed by atoms with Crippen molar-refractivity contribution in [2.45, 2.75) is 13.2 Å². The average Bonchev–Trinajstić information content (AvgIpc) is 3.25. The minimum atomic E-state index is -0.713. The molecule has 0 saturated carbocycles. The molecule has 0 fully saturated rings. The molecule has 0 unspecified atom stereocenters. The van der Waals surface area contributed by atoms with Crippen molar-refractivity contribution in [3.63, 3.8) is 0 Å². The minimum absolute atomic E-state index is 0.0116. The number of nitrogens with zero attached hydrogens (tertiary/aromatic N) is 3. The van der Waals surface area contributed by atoms with E-state index in [2.05, 4.69) is 20.3 Å². The number of rotatable bonds is 8. The molecular weight excluding hydrogens is 431 g/mol. The number of esters is 1. The Morgan fingerprint density at radius 3 is 2.61 bits per heavy atom. The Hall–Kier alpha value is -3.93. The quantitative estimate of drug-likeness (QED) is 0.317. The van der Waals surface area contributed by atoms with Crippen LogP contribution in [-0.2, 0) is 17.9 Å². The van der Waals surface area contributed by atoms with Crippen molar-refractivity contribution in [1.29, 1.82) is 0 Å². The van der Waals surface area contributed by atoms with E-state index in [-0.39, 0.29) is 35.3 Å². The van der Waals surface area contributed by atoms with Crippen LogP contribution in [0.2, 0.25) is 0 Å². The second kappa shape index (κ2) is 9.71. The smallest absolute Gasteiger partial charge is 0.338 e. The molecule has 0 atom stereocenters. The Balaban J connectivity index is 1.62. The average molecular weight is 446 g/mol. The molecule has 2 aromatic carbocycles. The van der Waals surface area contributed by atoms with E-state index in [4.69, 9.17) is 4.74 Å². The lowest BCUT2D eigenvalue weighted by molar-refractivity contribution is -0.386. The first-order valence-electron chi connectivity index (χ1n) is 8.72. The van der Waals surface area contributed by atoms with Gasteiger partial charge in [0.1, 0.15) is 12.4 Å². The molecule has 12 heteroatoms. The molecule has 1 aromatic heterocycles. The standard InChI is InChI=1S/C19H15FN4O6S/c1-29-19(26)12-4-7-15(14(8-12)24(27)28)30-10-16-22-23-18(31-16)17(25)21-9-11-2-5-13(20)6-3-11/h2-8H,9-10H2,1H3,(H,21,25). The molecule has 3 rings (SSSR count). The van der Waals surface area contributed by atoms with Gasteiger partial charge in [-0.25, -0.2) is 9.18 Å². The number of methoxy groups -OCH3 is 1. The van der Waals surface area contributed by atoms with Crippen LogP contribution < -0.4 is 10.1 Å². The summed E-state index contributed by atoms with van der Waals surface area (Å²) >= 11 is 0.961. The molecule has 0 aliphatic carbocycles. The molecule has 10 nitrogen and oxygen atoms in total. The molecule has 160 valence electrons. The number of nitro benzene ring substituents is 1. The third-order valence-corrected chi connectivity index (χ3v) is 4.85. The van der Waals surface area contributed by atoms with Crippen LogP contribution in [0.25, 0.3) is 0 Å². The first-order valence-corrected chi connectivity index (χ1v) is 9.53. The summed E-state index contributed by atoms with van der Waals surface area (Å²) in [4.78, 5) is 34.3. The van der Waals surface area contributed by atoms with E-state index >= 15 is 0 Å². The third kappa shape index (κ3) is 5.57. The molecule has 0 radical (unpaired) electrons. The van der Waals surface area contributed by atoms with Crippen molar-refractivity contribution >= 4 is 28.9 Å². The summed E-state index contributed by atoms with van der Waals surface area (Å²) in [6.45, 7) is 0.0184. The molecule has 0 saturated heterocycles.